The minimum atomic E-state index is -0.484. The number of aryl methyl sites for hydroxylation is 1. The van der Waals surface area contributed by atoms with Gasteiger partial charge in [0.25, 0.3) is 5.56 Å². The van der Waals surface area contributed by atoms with Crippen molar-refractivity contribution in [2.45, 2.75) is 43.5 Å². The second kappa shape index (κ2) is 10.1. The van der Waals surface area contributed by atoms with Gasteiger partial charge < -0.3 is 19.8 Å². The van der Waals surface area contributed by atoms with Crippen molar-refractivity contribution in [3.8, 4) is 11.5 Å². The number of fused-ring (bicyclic) bond motifs is 1. The maximum Gasteiger partial charge on any atom is 0.257 e. The molecule has 0 aliphatic carbocycles. The number of carbonyl (C=O) groups is 1. The van der Waals surface area contributed by atoms with Gasteiger partial charge >= 0.3 is 0 Å². The lowest BCUT2D eigenvalue weighted by atomic mass is 9.86. The van der Waals surface area contributed by atoms with E-state index in [4.69, 9.17) is 9.47 Å². The number of benzene rings is 2. The van der Waals surface area contributed by atoms with Crippen LogP contribution in [0.5, 0.6) is 11.5 Å². The first-order chi connectivity index (χ1) is 16.0. The smallest absolute Gasteiger partial charge is 0.257 e. The molecule has 1 aliphatic rings. The number of nitrogens with zero attached hydrogens (tertiary/aromatic N) is 1. The molecular weight excluding hydrogens is 438 g/mol. The fraction of sp³-hybridized carbons (Fsp3) is 0.320. The van der Waals surface area contributed by atoms with Crippen LogP contribution in [0, 0.1) is 6.92 Å². The zero-order valence-electron chi connectivity index (χ0n) is 18.9. The van der Waals surface area contributed by atoms with Crippen LogP contribution in [-0.2, 0) is 10.5 Å². The van der Waals surface area contributed by atoms with Gasteiger partial charge in [-0.1, -0.05) is 55.1 Å². The summed E-state index contributed by atoms with van der Waals surface area (Å²) in [6.45, 7) is 4.57. The molecule has 0 bridgehead atoms. The van der Waals surface area contributed by atoms with Crippen molar-refractivity contribution < 1.29 is 14.3 Å². The molecule has 4 rings (SSSR count). The molecular formula is C25H27N3O4S. The molecule has 33 heavy (non-hydrogen) atoms. The third kappa shape index (κ3) is 4.90. The molecule has 7 nitrogen and oxygen atoms in total. The molecule has 0 radical (unpaired) electrons. The SMILES string of the molecule is CCCOc1c(OC)cccc1[C@@H]1CC(=O)Nc2nc(SCc3ccccc3C)[nH]c(=O)c21. The van der Waals surface area contributed by atoms with Gasteiger partial charge in [-0.25, -0.2) is 4.98 Å². The lowest BCUT2D eigenvalue weighted by Gasteiger charge is -2.26. The van der Waals surface area contributed by atoms with E-state index in [9.17, 15) is 9.59 Å². The zero-order valence-corrected chi connectivity index (χ0v) is 19.8. The highest BCUT2D eigenvalue weighted by Gasteiger charge is 2.33. The van der Waals surface area contributed by atoms with E-state index in [0.717, 1.165) is 12.0 Å². The molecule has 2 heterocycles. The third-order valence-corrected chi connectivity index (χ3v) is 6.53. The standard InChI is InChI=1S/C25H27N3O4S/c1-4-12-32-22-17(10-7-11-19(22)31-3)18-13-20(29)26-23-21(18)24(30)28-25(27-23)33-14-16-9-6-5-8-15(16)2/h5-11,18H,4,12-14H2,1-3H3,(H2,26,27,28,29,30)/t18-/m0/s1. The molecule has 0 spiro atoms. The highest BCUT2D eigenvalue weighted by Crippen LogP contribution is 2.42. The van der Waals surface area contributed by atoms with Crippen molar-refractivity contribution in [2.75, 3.05) is 19.0 Å². The van der Waals surface area contributed by atoms with Crippen molar-refractivity contribution >= 4 is 23.5 Å². The molecule has 0 fully saturated rings. The third-order valence-electron chi connectivity index (χ3n) is 5.61. The number of thioether (sulfide) groups is 1. The van der Waals surface area contributed by atoms with Crippen LogP contribution in [0.2, 0.25) is 0 Å². The monoisotopic (exact) mass is 465 g/mol. The Morgan fingerprint density at radius 2 is 1.97 bits per heavy atom. The molecule has 0 saturated heterocycles. The number of rotatable bonds is 8. The molecule has 0 unspecified atom stereocenters. The number of carbonyl (C=O) groups excluding carboxylic acids is 1. The second-order valence-electron chi connectivity index (χ2n) is 7.88. The van der Waals surface area contributed by atoms with E-state index in [1.54, 1.807) is 7.11 Å². The molecule has 8 heteroatoms. The number of hydrogen-bond donors (Lipinski definition) is 2. The Labute approximate surface area is 196 Å². The first kappa shape index (κ1) is 22.9. The summed E-state index contributed by atoms with van der Waals surface area (Å²) in [6.07, 6.45) is 0.950. The summed E-state index contributed by atoms with van der Waals surface area (Å²) in [5.74, 6) is 1.42. The summed E-state index contributed by atoms with van der Waals surface area (Å²) in [5.41, 5.74) is 3.26. The van der Waals surface area contributed by atoms with Gasteiger partial charge in [0.05, 0.1) is 19.3 Å². The molecule has 1 amide bonds. The van der Waals surface area contributed by atoms with Crippen LogP contribution in [-0.4, -0.2) is 29.6 Å². The summed E-state index contributed by atoms with van der Waals surface area (Å²) >= 11 is 1.43. The number of methoxy groups -OCH3 is 1. The van der Waals surface area contributed by atoms with E-state index in [1.165, 1.54) is 22.9 Å². The number of anilines is 1. The van der Waals surface area contributed by atoms with Crippen LogP contribution in [0.25, 0.3) is 0 Å². The number of hydrogen-bond acceptors (Lipinski definition) is 6. The van der Waals surface area contributed by atoms with Gasteiger partial charge in [-0.3, -0.25) is 9.59 Å². The van der Waals surface area contributed by atoms with Crippen LogP contribution < -0.4 is 20.3 Å². The Morgan fingerprint density at radius 1 is 1.15 bits per heavy atom. The first-order valence-electron chi connectivity index (χ1n) is 10.9. The van der Waals surface area contributed by atoms with E-state index in [-0.39, 0.29) is 17.9 Å². The maximum absolute atomic E-state index is 13.2. The van der Waals surface area contributed by atoms with Gasteiger partial charge in [0.1, 0.15) is 5.82 Å². The van der Waals surface area contributed by atoms with Crippen LogP contribution in [0.1, 0.15) is 47.9 Å². The zero-order chi connectivity index (χ0) is 23.4. The van der Waals surface area contributed by atoms with Crippen molar-refractivity contribution in [1.82, 2.24) is 9.97 Å². The van der Waals surface area contributed by atoms with Gasteiger partial charge in [0.2, 0.25) is 5.91 Å². The average Bonchev–Trinajstić information content (AvgIpc) is 2.81. The summed E-state index contributed by atoms with van der Waals surface area (Å²) in [5, 5.41) is 3.25. The van der Waals surface area contributed by atoms with Crippen LogP contribution >= 0.6 is 11.8 Å². The van der Waals surface area contributed by atoms with E-state index >= 15 is 0 Å². The topological polar surface area (TPSA) is 93.3 Å². The van der Waals surface area contributed by atoms with E-state index in [1.807, 2.05) is 37.3 Å². The van der Waals surface area contributed by atoms with Crippen molar-refractivity contribution in [3.05, 3.63) is 75.1 Å². The highest BCUT2D eigenvalue weighted by molar-refractivity contribution is 7.98. The summed E-state index contributed by atoms with van der Waals surface area (Å²) in [6, 6.07) is 13.6. The van der Waals surface area contributed by atoms with E-state index < -0.39 is 5.92 Å². The highest BCUT2D eigenvalue weighted by atomic mass is 32.2. The predicted octanol–water partition coefficient (Wildman–Crippen LogP) is 4.64. The van der Waals surface area contributed by atoms with Gasteiger partial charge in [-0.2, -0.15) is 0 Å². The van der Waals surface area contributed by atoms with E-state index in [2.05, 4.69) is 34.3 Å². The number of nitrogens with one attached hydrogen (secondary N) is 2. The molecule has 0 saturated carbocycles. The van der Waals surface area contributed by atoms with Gasteiger partial charge in [-0.05, 0) is 30.5 Å². The van der Waals surface area contributed by atoms with E-state index in [0.29, 0.717) is 40.4 Å². The van der Waals surface area contributed by atoms with Crippen LogP contribution in [0.4, 0.5) is 5.82 Å². The number of amides is 1. The fourth-order valence-corrected chi connectivity index (χ4v) is 4.87. The summed E-state index contributed by atoms with van der Waals surface area (Å²) in [7, 11) is 1.58. The number of ether oxygens (including phenoxy) is 2. The van der Waals surface area contributed by atoms with Crippen molar-refractivity contribution in [2.24, 2.45) is 0 Å². The minimum absolute atomic E-state index is 0.128. The predicted molar refractivity (Wildman–Crippen MR) is 129 cm³/mol. The Hall–Kier alpha value is -3.26. The maximum atomic E-state index is 13.2. The summed E-state index contributed by atoms with van der Waals surface area (Å²) < 4.78 is 11.5. The lowest BCUT2D eigenvalue weighted by Crippen LogP contribution is -2.31. The number of aromatic amines is 1. The Balaban J connectivity index is 1.71. The average molecular weight is 466 g/mol. The molecule has 1 aromatic heterocycles. The minimum Gasteiger partial charge on any atom is -0.493 e. The Kier molecular flexibility index (Phi) is 7.03. The quantitative estimate of drug-likeness (QED) is 0.372. The summed E-state index contributed by atoms with van der Waals surface area (Å²) in [4.78, 5) is 33.3. The van der Waals surface area contributed by atoms with Gasteiger partial charge in [-0.15, -0.1) is 0 Å². The number of H-pyrrole nitrogens is 1. The van der Waals surface area contributed by atoms with Crippen molar-refractivity contribution in [3.63, 3.8) is 0 Å². The van der Waals surface area contributed by atoms with Gasteiger partial charge in [0.15, 0.2) is 16.7 Å². The fourth-order valence-electron chi connectivity index (χ4n) is 3.93. The molecule has 2 N–H and O–H groups in total. The van der Waals surface area contributed by atoms with Crippen LogP contribution in [0.3, 0.4) is 0 Å². The van der Waals surface area contributed by atoms with Gasteiger partial charge in [0, 0.05) is 23.7 Å². The molecule has 3 aromatic rings. The lowest BCUT2D eigenvalue weighted by molar-refractivity contribution is -0.116. The molecule has 172 valence electrons. The Morgan fingerprint density at radius 3 is 2.73 bits per heavy atom. The number of para-hydroxylation sites is 1. The Bertz CT molecular complexity index is 1220. The number of aromatic nitrogens is 2. The first-order valence-corrected chi connectivity index (χ1v) is 11.9. The normalized spacial score (nSPS) is 15.0. The molecule has 2 aromatic carbocycles. The molecule has 1 aliphatic heterocycles. The second-order valence-corrected chi connectivity index (χ2v) is 8.84. The molecule has 1 atom stereocenters. The largest absolute Gasteiger partial charge is 0.493 e. The van der Waals surface area contributed by atoms with Crippen molar-refractivity contribution in [1.29, 1.82) is 0 Å². The van der Waals surface area contributed by atoms with Crippen LogP contribution in [0.15, 0.2) is 52.4 Å².